The average Bonchev–Trinajstić information content (AvgIpc) is 2.58. The Morgan fingerprint density at radius 2 is 2.00 bits per heavy atom. The molecule has 0 atom stereocenters. The van der Waals surface area contributed by atoms with Crippen molar-refractivity contribution >= 4 is 16.7 Å². The minimum Gasteiger partial charge on any atom is -0.339 e. The van der Waals surface area contributed by atoms with Crippen molar-refractivity contribution in [3.8, 4) is 0 Å². The zero-order valence-corrected chi connectivity index (χ0v) is 8.02. The van der Waals surface area contributed by atoms with Crippen LogP contribution in [0.1, 0.15) is 5.56 Å². The fourth-order valence-electron chi connectivity index (χ4n) is 1.37. The molecule has 0 N–H and O–H groups in total. The minimum absolute atomic E-state index is 0.00213. The second-order valence-corrected chi connectivity index (χ2v) is 3.10. The van der Waals surface area contributed by atoms with E-state index in [9.17, 15) is 20.2 Å². The van der Waals surface area contributed by atoms with Gasteiger partial charge >= 0.3 is 0 Å². The number of nitro groups is 2. The Kier molecular flexibility index (Phi) is 2.01. The second-order valence-electron chi connectivity index (χ2n) is 3.10. The summed E-state index contributed by atoms with van der Waals surface area (Å²) in [6, 6.07) is 2.48. The first kappa shape index (κ1) is 9.96. The second kappa shape index (κ2) is 3.22. The van der Waals surface area contributed by atoms with E-state index in [1.54, 1.807) is 0 Å². The maximum atomic E-state index is 10.7. The normalized spacial score (nSPS) is 10.6. The molecule has 0 bridgehead atoms. The number of hydrogen-bond donors (Lipinski definition) is 0. The van der Waals surface area contributed by atoms with Gasteiger partial charge < -0.3 is 10.1 Å². The molecule has 1 heterocycles. The molecule has 9 nitrogen and oxygen atoms in total. The maximum Gasteiger partial charge on any atom is 0.274 e. The molecule has 9 heteroatoms. The van der Waals surface area contributed by atoms with Crippen LogP contribution in [0.25, 0.3) is 11.0 Å². The predicted molar refractivity (Wildman–Crippen MR) is 51.3 cm³/mol. The average molecular weight is 223 g/mol. The van der Waals surface area contributed by atoms with Gasteiger partial charge in [0, 0.05) is 5.56 Å². The van der Waals surface area contributed by atoms with Crippen LogP contribution in [0.3, 0.4) is 0 Å². The van der Waals surface area contributed by atoms with E-state index in [4.69, 9.17) is 0 Å². The quantitative estimate of drug-likeness (QED) is 0.545. The van der Waals surface area contributed by atoms with Gasteiger partial charge in [-0.3, -0.25) is 10.1 Å². The van der Waals surface area contributed by atoms with Crippen molar-refractivity contribution in [3.05, 3.63) is 37.9 Å². The number of aromatic nitrogens is 3. The predicted octanol–water partition coefficient (Wildman–Crippen LogP) is 0.688. The van der Waals surface area contributed by atoms with Crippen molar-refractivity contribution < 1.29 is 9.96 Å². The van der Waals surface area contributed by atoms with Gasteiger partial charge in [0.15, 0.2) is 10.7 Å². The summed E-state index contributed by atoms with van der Waals surface area (Å²) in [7, 11) is 0. The molecule has 1 aromatic carbocycles. The monoisotopic (exact) mass is 223 g/mol. The molecule has 0 saturated carbocycles. The highest BCUT2D eigenvalue weighted by molar-refractivity contribution is 5.78. The summed E-state index contributed by atoms with van der Waals surface area (Å²) < 4.78 is 0. The Labute approximate surface area is 87.5 Å². The van der Waals surface area contributed by atoms with E-state index >= 15 is 0 Å². The van der Waals surface area contributed by atoms with E-state index in [1.807, 2.05) is 0 Å². The molecule has 0 aliphatic carbocycles. The van der Waals surface area contributed by atoms with Crippen LogP contribution >= 0.6 is 0 Å². The molecule has 0 unspecified atom stereocenters. The lowest BCUT2D eigenvalue weighted by Crippen LogP contribution is -2.10. The van der Waals surface area contributed by atoms with Crippen LogP contribution in [0, 0.1) is 27.2 Å². The van der Waals surface area contributed by atoms with Crippen molar-refractivity contribution in [2.24, 2.45) is 0 Å². The number of nitro benzene ring substituents is 1. The van der Waals surface area contributed by atoms with E-state index in [1.165, 1.54) is 13.0 Å². The third kappa shape index (κ3) is 1.34. The van der Waals surface area contributed by atoms with Gasteiger partial charge in [0.25, 0.3) is 5.69 Å². The first-order chi connectivity index (χ1) is 7.50. The van der Waals surface area contributed by atoms with Crippen LogP contribution in [-0.4, -0.2) is 25.1 Å². The summed E-state index contributed by atoms with van der Waals surface area (Å²) in [5.74, 6) is 0. The molecule has 0 saturated heterocycles. The van der Waals surface area contributed by atoms with Crippen LogP contribution in [-0.2, 0) is 0 Å². The molecule has 0 fully saturated rings. The number of hydrogen-bond acceptors (Lipinski definition) is 6. The highest BCUT2D eigenvalue weighted by Gasteiger charge is 2.20. The molecule has 0 amide bonds. The van der Waals surface area contributed by atoms with Crippen molar-refractivity contribution in [2.75, 3.05) is 0 Å². The first-order valence-electron chi connectivity index (χ1n) is 4.16. The Hall–Kier alpha value is -2.58. The summed E-state index contributed by atoms with van der Waals surface area (Å²) in [4.78, 5) is 21.0. The molecule has 0 radical (unpaired) electrons. The SMILES string of the molecule is Cc1cc2nnn([N+](=O)[O-])c2cc1[N+](=O)[O-]. The van der Waals surface area contributed by atoms with Crippen LogP contribution in [0.15, 0.2) is 12.1 Å². The third-order valence-electron chi connectivity index (χ3n) is 2.10. The Morgan fingerprint density at radius 3 is 2.56 bits per heavy atom. The third-order valence-corrected chi connectivity index (χ3v) is 2.10. The summed E-state index contributed by atoms with van der Waals surface area (Å²) in [5, 5.41) is 27.2. The summed E-state index contributed by atoms with van der Waals surface area (Å²) in [6.45, 7) is 1.53. The van der Waals surface area contributed by atoms with E-state index in [-0.39, 0.29) is 16.7 Å². The van der Waals surface area contributed by atoms with Crippen LogP contribution < -0.4 is 0 Å². The van der Waals surface area contributed by atoms with E-state index in [0.29, 0.717) is 10.4 Å². The van der Waals surface area contributed by atoms with Crippen LogP contribution in [0.5, 0.6) is 0 Å². The van der Waals surface area contributed by atoms with Crippen LogP contribution in [0.4, 0.5) is 5.69 Å². The molecular weight excluding hydrogens is 218 g/mol. The van der Waals surface area contributed by atoms with E-state index in [0.717, 1.165) is 6.07 Å². The lowest BCUT2D eigenvalue weighted by Gasteiger charge is -1.96. The van der Waals surface area contributed by atoms with Crippen molar-refractivity contribution in [3.63, 3.8) is 0 Å². The number of aryl methyl sites for hydroxylation is 1. The van der Waals surface area contributed by atoms with Gasteiger partial charge in [-0.15, -0.1) is 0 Å². The fourth-order valence-corrected chi connectivity index (χ4v) is 1.37. The van der Waals surface area contributed by atoms with Gasteiger partial charge in [-0.05, 0) is 18.1 Å². The fraction of sp³-hybridized carbons (Fsp3) is 0.143. The largest absolute Gasteiger partial charge is 0.339 e. The smallest absolute Gasteiger partial charge is 0.274 e. The Balaban J connectivity index is 2.79. The van der Waals surface area contributed by atoms with E-state index < -0.39 is 9.96 Å². The highest BCUT2D eigenvalue weighted by Crippen LogP contribution is 2.23. The zero-order chi connectivity index (χ0) is 11.9. The zero-order valence-electron chi connectivity index (χ0n) is 8.02. The Morgan fingerprint density at radius 1 is 1.31 bits per heavy atom. The standard InChI is InChI=1S/C7H5N5O4/c1-4-2-5-7(3-6(4)11(13)14)10(9-8-5)12(15)16/h2-3H,1H3. The first-order valence-corrected chi connectivity index (χ1v) is 4.16. The summed E-state index contributed by atoms with van der Waals surface area (Å²) in [5.41, 5.74) is 0.438. The highest BCUT2D eigenvalue weighted by atomic mass is 16.7. The van der Waals surface area contributed by atoms with Gasteiger partial charge in [0.05, 0.1) is 20.8 Å². The van der Waals surface area contributed by atoms with E-state index in [2.05, 4.69) is 10.3 Å². The molecule has 2 rings (SSSR count). The minimum atomic E-state index is -0.797. The molecule has 1 aromatic heterocycles. The number of fused-ring (bicyclic) bond motifs is 1. The topological polar surface area (TPSA) is 117 Å². The summed E-state index contributed by atoms with van der Waals surface area (Å²) >= 11 is 0. The van der Waals surface area contributed by atoms with Gasteiger partial charge in [-0.1, -0.05) is 0 Å². The lowest BCUT2D eigenvalue weighted by atomic mass is 10.2. The van der Waals surface area contributed by atoms with Crippen LogP contribution in [0.2, 0.25) is 0 Å². The van der Waals surface area contributed by atoms with Gasteiger partial charge in [0.2, 0.25) is 0 Å². The lowest BCUT2D eigenvalue weighted by molar-refractivity contribution is -0.549. The molecule has 0 spiro atoms. The van der Waals surface area contributed by atoms with Gasteiger partial charge in [0.1, 0.15) is 5.52 Å². The van der Waals surface area contributed by atoms with Gasteiger partial charge in [-0.2, -0.15) is 0 Å². The number of nitrogens with zero attached hydrogens (tertiary/aromatic N) is 5. The molecule has 16 heavy (non-hydrogen) atoms. The number of benzene rings is 1. The molecule has 2 aromatic rings. The van der Waals surface area contributed by atoms with Crippen molar-refractivity contribution in [2.45, 2.75) is 6.92 Å². The number of rotatable bonds is 2. The van der Waals surface area contributed by atoms with Crippen molar-refractivity contribution in [1.82, 2.24) is 15.1 Å². The molecule has 82 valence electrons. The summed E-state index contributed by atoms with van der Waals surface area (Å²) in [6.07, 6.45) is 0. The molecule has 0 aliphatic heterocycles. The molecule has 0 aliphatic rings. The van der Waals surface area contributed by atoms with Crippen molar-refractivity contribution in [1.29, 1.82) is 0 Å². The maximum absolute atomic E-state index is 10.7. The Bertz CT molecular complexity index is 604. The van der Waals surface area contributed by atoms with Gasteiger partial charge in [-0.25, -0.2) is 0 Å². The molecular formula is C7H5N5O4.